The van der Waals surface area contributed by atoms with Gasteiger partial charge in [-0.15, -0.1) is 11.3 Å². The van der Waals surface area contributed by atoms with Crippen LogP contribution in [0, 0.1) is 0 Å². The predicted octanol–water partition coefficient (Wildman–Crippen LogP) is 3.01. The number of thiophene rings is 1. The molecule has 0 radical (unpaired) electrons. The average molecular weight is 389 g/mol. The lowest BCUT2D eigenvalue weighted by Gasteiger charge is -2.10. The van der Waals surface area contributed by atoms with Gasteiger partial charge in [-0.25, -0.2) is 13.1 Å². The van der Waals surface area contributed by atoms with Crippen molar-refractivity contribution in [1.29, 1.82) is 0 Å². The van der Waals surface area contributed by atoms with Gasteiger partial charge in [0, 0.05) is 22.4 Å². The first-order valence-corrected chi connectivity index (χ1v) is 9.67. The predicted molar refractivity (Wildman–Crippen MR) is 89.8 cm³/mol. The lowest BCUT2D eigenvalue weighted by Crippen LogP contribution is -2.23. The minimum absolute atomic E-state index is 0.257. The molecule has 0 saturated heterocycles. The molecule has 0 aliphatic heterocycles. The number of nitrogens with two attached hydrogens (primary N) is 1. The molecule has 0 unspecified atom stereocenters. The number of rotatable bonds is 6. The molecule has 0 amide bonds. The van der Waals surface area contributed by atoms with Gasteiger partial charge in [0.05, 0.1) is 4.90 Å². The molecule has 1 heterocycles. The lowest BCUT2D eigenvalue weighted by atomic mass is 10.1. The van der Waals surface area contributed by atoms with Crippen LogP contribution >= 0.6 is 27.3 Å². The van der Waals surface area contributed by atoms with E-state index < -0.39 is 10.0 Å². The lowest BCUT2D eigenvalue weighted by molar-refractivity contribution is 0.581. The van der Waals surface area contributed by atoms with Gasteiger partial charge in [-0.05, 0) is 57.1 Å². The van der Waals surface area contributed by atoms with Gasteiger partial charge in [-0.1, -0.05) is 13.0 Å². The van der Waals surface area contributed by atoms with E-state index in [0.717, 1.165) is 26.9 Å². The minimum Gasteiger partial charge on any atom is -0.326 e. The maximum atomic E-state index is 12.3. The smallest absolute Gasteiger partial charge is 0.240 e. The van der Waals surface area contributed by atoms with E-state index in [-0.39, 0.29) is 11.4 Å². The highest BCUT2D eigenvalue weighted by molar-refractivity contribution is 9.10. The Bertz CT molecular complexity index is 726. The number of sulfonamides is 1. The van der Waals surface area contributed by atoms with Crippen LogP contribution in [0.3, 0.4) is 0 Å². The highest BCUT2D eigenvalue weighted by atomic mass is 79.9. The summed E-state index contributed by atoms with van der Waals surface area (Å²) in [5.74, 6) is 0. The quantitative estimate of drug-likeness (QED) is 0.798. The molecule has 2 aromatic rings. The molecule has 1 aromatic heterocycles. The third-order valence-electron chi connectivity index (χ3n) is 3.20. The average Bonchev–Trinajstić information content (AvgIpc) is 2.89. The van der Waals surface area contributed by atoms with E-state index in [0.29, 0.717) is 6.54 Å². The molecule has 2 rings (SSSR count). The Hall–Kier alpha value is -0.730. The third kappa shape index (κ3) is 3.92. The summed E-state index contributed by atoms with van der Waals surface area (Å²) in [6.07, 6.45) is 0.836. The first-order valence-electron chi connectivity index (χ1n) is 6.51. The summed E-state index contributed by atoms with van der Waals surface area (Å²) in [6, 6.07) is 7.02. The second-order valence-electron chi connectivity index (χ2n) is 4.50. The molecule has 0 bridgehead atoms. The minimum atomic E-state index is -3.53. The molecule has 21 heavy (non-hydrogen) atoms. The van der Waals surface area contributed by atoms with Crippen LogP contribution in [0.15, 0.2) is 39.0 Å². The van der Waals surface area contributed by atoms with Crippen molar-refractivity contribution < 1.29 is 8.42 Å². The second kappa shape index (κ2) is 7.02. The summed E-state index contributed by atoms with van der Waals surface area (Å²) in [5.41, 5.74) is 7.64. The molecule has 0 atom stereocenters. The molecule has 3 N–H and O–H groups in total. The number of aryl methyl sites for hydroxylation is 1. The van der Waals surface area contributed by atoms with Crippen molar-refractivity contribution in [2.45, 2.75) is 31.3 Å². The third-order valence-corrected chi connectivity index (χ3v) is 6.53. The fraction of sp³-hybridized carbons (Fsp3) is 0.286. The first kappa shape index (κ1) is 16.6. The monoisotopic (exact) mass is 388 g/mol. The van der Waals surface area contributed by atoms with Crippen LogP contribution in [0.4, 0.5) is 0 Å². The Labute approximate surface area is 137 Å². The Balaban J connectivity index is 2.21. The summed E-state index contributed by atoms with van der Waals surface area (Å²) in [7, 11) is -3.53. The van der Waals surface area contributed by atoms with Crippen molar-refractivity contribution in [2.75, 3.05) is 0 Å². The van der Waals surface area contributed by atoms with Crippen molar-refractivity contribution in [1.82, 2.24) is 4.72 Å². The van der Waals surface area contributed by atoms with Crippen molar-refractivity contribution in [3.05, 3.63) is 50.1 Å². The summed E-state index contributed by atoms with van der Waals surface area (Å²) in [4.78, 5) is 1.20. The molecule has 0 saturated carbocycles. The van der Waals surface area contributed by atoms with Gasteiger partial charge >= 0.3 is 0 Å². The van der Waals surface area contributed by atoms with Gasteiger partial charge in [0.1, 0.15) is 0 Å². The van der Waals surface area contributed by atoms with Gasteiger partial charge in [0.25, 0.3) is 0 Å². The molecule has 0 spiro atoms. The van der Waals surface area contributed by atoms with E-state index in [1.165, 1.54) is 11.3 Å². The van der Waals surface area contributed by atoms with Crippen molar-refractivity contribution in [2.24, 2.45) is 5.73 Å². The van der Waals surface area contributed by atoms with Crippen molar-refractivity contribution in [3.8, 4) is 0 Å². The molecular formula is C14H17BrN2O2S2. The fourth-order valence-corrected chi connectivity index (χ4v) is 4.57. The zero-order valence-corrected chi connectivity index (χ0v) is 14.8. The van der Waals surface area contributed by atoms with E-state index in [9.17, 15) is 8.42 Å². The molecule has 0 aliphatic rings. The Morgan fingerprint density at radius 3 is 2.62 bits per heavy atom. The summed E-state index contributed by atoms with van der Waals surface area (Å²) in [5, 5.41) is 1.91. The van der Waals surface area contributed by atoms with Crippen LogP contribution in [-0.2, 0) is 29.5 Å². The Morgan fingerprint density at radius 2 is 2.05 bits per heavy atom. The van der Waals surface area contributed by atoms with Crippen LogP contribution in [-0.4, -0.2) is 8.42 Å². The van der Waals surface area contributed by atoms with Crippen LogP contribution in [0.5, 0.6) is 0 Å². The summed E-state index contributed by atoms with van der Waals surface area (Å²) >= 11 is 4.90. The van der Waals surface area contributed by atoms with E-state index >= 15 is 0 Å². The van der Waals surface area contributed by atoms with Crippen molar-refractivity contribution in [3.63, 3.8) is 0 Å². The highest BCUT2D eigenvalue weighted by Gasteiger charge is 2.16. The molecule has 114 valence electrons. The van der Waals surface area contributed by atoms with Gasteiger partial charge in [0.2, 0.25) is 10.0 Å². The Morgan fingerprint density at radius 1 is 1.29 bits per heavy atom. The standard InChI is InChI=1S/C14H17BrN2O2S2/c1-2-10-3-4-12(7-11(10)8-16)21(18,19)17-9-14-13(15)5-6-20-14/h3-7,17H,2,8-9,16H2,1H3. The molecule has 1 aromatic carbocycles. The van der Waals surface area contributed by atoms with Crippen LogP contribution in [0.2, 0.25) is 0 Å². The summed E-state index contributed by atoms with van der Waals surface area (Å²) in [6.45, 7) is 2.63. The molecular weight excluding hydrogens is 372 g/mol. The molecule has 0 fully saturated rings. The maximum Gasteiger partial charge on any atom is 0.240 e. The zero-order valence-electron chi connectivity index (χ0n) is 11.6. The highest BCUT2D eigenvalue weighted by Crippen LogP contribution is 2.23. The first-order chi connectivity index (χ1) is 9.97. The topological polar surface area (TPSA) is 72.2 Å². The Kier molecular flexibility index (Phi) is 5.56. The second-order valence-corrected chi connectivity index (χ2v) is 8.13. The van der Waals surface area contributed by atoms with Gasteiger partial charge in [-0.3, -0.25) is 0 Å². The van der Waals surface area contributed by atoms with Gasteiger partial charge in [0.15, 0.2) is 0 Å². The molecule has 4 nitrogen and oxygen atoms in total. The summed E-state index contributed by atoms with van der Waals surface area (Å²) < 4.78 is 28.2. The number of hydrogen-bond donors (Lipinski definition) is 2. The largest absolute Gasteiger partial charge is 0.326 e. The van der Waals surface area contributed by atoms with Crippen LogP contribution in [0.25, 0.3) is 0 Å². The van der Waals surface area contributed by atoms with Gasteiger partial charge < -0.3 is 5.73 Å². The normalized spacial score (nSPS) is 11.8. The van der Waals surface area contributed by atoms with E-state index in [2.05, 4.69) is 20.7 Å². The fourth-order valence-electron chi connectivity index (χ4n) is 2.00. The van der Waals surface area contributed by atoms with Crippen LogP contribution in [0.1, 0.15) is 22.9 Å². The number of halogens is 1. The van der Waals surface area contributed by atoms with E-state index in [1.54, 1.807) is 12.1 Å². The van der Waals surface area contributed by atoms with Crippen molar-refractivity contribution >= 4 is 37.3 Å². The molecule has 0 aliphatic carbocycles. The molecule has 7 heteroatoms. The number of nitrogens with one attached hydrogen (secondary N) is 1. The maximum absolute atomic E-state index is 12.3. The number of hydrogen-bond acceptors (Lipinski definition) is 4. The van der Waals surface area contributed by atoms with Crippen LogP contribution < -0.4 is 10.5 Å². The van der Waals surface area contributed by atoms with Gasteiger partial charge in [-0.2, -0.15) is 0 Å². The van der Waals surface area contributed by atoms with E-state index in [4.69, 9.17) is 5.73 Å². The van der Waals surface area contributed by atoms with E-state index in [1.807, 2.05) is 24.4 Å². The SMILES string of the molecule is CCc1ccc(S(=O)(=O)NCc2sccc2Br)cc1CN. The number of benzene rings is 1. The zero-order chi connectivity index (χ0) is 15.5.